The second-order valence-electron chi connectivity index (χ2n) is 5.14. The Bertz CT molecular complexity index is 684. The summed E-state index contributed by atoms with van der Waals surface area (Å²) >= 11 is 3.94. The first-order valence-electron chi connectivity index (χ1n) is 7.64. The molecule has 0 unspecified atom stereocenters. The van der Waals surface area contributed by atoms with Gasteiger partial charge in [0.2, 0.25) is 0 Å². The Morgan fingerprint density at radius 3 is 2.54 bits per heavy atom. The number of nitrogens with zero attached hydrogens (tertiary/aromatic N) is 1. The van der Waals surface area contributed by atoms with Gasteiger partial charge >= 0.3 is 0 Å². The van der Waals surface area contributed by atoms with Crippen molar-refractivity contribution in [2.75, 3.05) is 18.1 Å². The van der Waals surface area contributed by atoms with E-state index in [9.17, 15) is 4.79 Å². The fourth-order valence-electron chi connectivity index (χ4n) is 2.17. The van der Waals surface area contributed by atoms with E-state index in [1.54, 1.807) is 6.21 Å². The van der Waals surface area contributed by atoms with Crippen molar-refractivity contribution in [2.45, 2.75) is 4.58 Å². The van der Waals surface area contributed by atoms with E-state index in [0.29, 0.717) is 10.3 Å². The van der Waals surface area contributed by atoms with E-state index in [1.165, 1.54) is 17.1 Å². The first kappa shape index (κ1) is 16.9. The summed E-state index contributed by atoms with van der Waals surface area (Å²) in [5.41, 5.74) is 4.68. The largest absolute Gasteiger partial charge is 0.484 e. The Labute approximate surface area is 150 Å². The number of nitrogens with one attached hydrogen (secondary N) is 1. The van der Waals surface area contributed by atoms with Gasteiger partial charge < -0.3 is 4.74 Å². The molecule has 1 heterocycles. The number of carbonyl (C=O) groups excluding carboxylic acids is 1. The van der Waals surface area contributed by atoms with Crippen molar-refractivity contribution in [2.24, 2.45) is 5.10 Å². The standard InChI is InChI=1S/C18H18N2O2S2/c21-17(20-19-12-14-4-2-1-3-5-14)13-22-16-8-6-15(7-9-16)18-23-10-11-24-18/h1-9,12,18H,10-11,13H2,(H,20,21)/b19-12-. The number of benzene rings is 2. The molecule has 0 aliphatic carbocycles. The van der Waals surface area contributed by atoms with E-state index in [2.05, 4.69) is 22.7 Å². The molecule has 1 N–H and O–H groups in total. The van der Waals surface area contributed by atoms with Gasteiger partial charge in [0, 0.05) is 11.5 Å². The molecule has 0 saturated carbocycles. The van der Waals surface area contributed by atoms with E-state index in [0.717, 1.165) is 5.56 Å². The molecule has 1 fully saturated rings. The predicted octanol–water partition coefficient (Wildman–Crippen LogP) is 3.69. The Morgan fingerprint density at radius 2 is 1.83 bits per heavy atom. The van der Waals surface area contributed by atoms with Crippen molar-refractivity contribution >= 4 is 35.6 Å². The maximum absolute atomic E-state index is 11.7. The minimum atomic E-state index is -0.284. The minimum Gasteiger partial charge on any atom is -0.484 e. The van der Waals surface area contributed by atoms with Crippen molar-refractivity contribution in [3.05, 3.63) is 65.7 Å². The maximum atomic E-state index is 11.7. The van der Waals surface area contributed by atoms with E-state index >= 15 is 0 Å². The third kappa shape index (κ3) is 5.04. The first-order chi connectivity index (χ1) is 11.8. The lowest BCUT2D eigenvalue weighted by molar-refractivity contribution is -0.123. The Balaban J connectivity index is 1.43. The molecule has 1 saturated heterocycles. The summed E-state index contributed by atoms with van der Waals surface area (Å²) in [5.74, 6) is 2.82. The van der Waals surface area contributed by atoms with E-state index < -0.39 is 0 Å². The molecule has 0 atom stereocenters. The SMILES string of the molecule is O=C(COc1ccc(C2SCCS2)cc1)N/N=C\c1ccccc1. The van der Waals surface area contributed by atoms with E-state index in [1.807, 2.05) is 66.0 Å². The molecule has 124 valence electrons. The van der Waals surface area contributed by atoms with Crippen LogP contribution < -0.4 is 10.2 Å². The Hall–Kier alpha value is -1.92. The van der Waals surface area contributed by atoms with Crippen molar-refractivity contribution in [1.29, 1.82) is 0 Å². The molecule has 2 aromatic rings. The molecule has 0 spiro atoms. The topological polar surface area (TPSA) is 50.7 Å². The minimum absolute atomic E-state index is 0.0571. The monoisotopic (exact) mass is 358 g/mol. The van der Waals surface area contributed by atoms with Crippen molar-refractivity contribution in [3.63, 3.8) is 0 Å². The van der Waals surface area contributed by atoms with Gasteiger partial charge in [0.25, 0.3) is 5.91 Å². The molecule has 24 heavy (non-hydrogen) atoms. The summed E-state index contributed by atoms with van der Waals surface area (Å²) in [5, 5.41) is 3.91. The third-order valence-electron chi connectivity index (χ3n) is 3.35. The van der Waals surface area contributed by atoms with Crippen LogP contribution in [0.25, 0.3) is 0 Å². The molecule has 6 heteroatoms. The van der Waals surface area contributed by atoms with Crippen LogP contribution in [0.2, 0.25) is 0 Å². The number of amides is 1. The molecule has 1 aliphatic heterocycles. The average molecular weight is 358 g/mol. The second-order valence-corrected chi connectivity index (χ2v) is 7.86. The fraction of sp³-hybridized carbons (Fsp3) is 0.222. The highest BCUT2D eigenvalue weighted by atomic mass is 32.2. The number of carbonyl (C=O) groups is 1. The lowest BCUT2D eigenvalue weighted by Gasteiger charge is -2.10. The predicted molar refractivity (Wildman–Crippen MR) is 102 cm³/mol. The van der Waals surface area contributed by atoms with E-state index in [-0.39, 0.29) is 12.5 Å². The van der Waals surface area contributed by atoms with Crippen molar-refractivity contribution < 1.29 is 9.53 Å². The van der Waals surface area contributed by atoms with Crippen LogP contribution in [0.3, 0.4) is 0 Å². The van der Waals surface area contributed by atoms with Crippen LogP contribution in [-0.2, 0) is 4.79 Å². The van der Waals surface area contributed by atoms with Gasteiger partial charge in [-0.05, 0) is 23.3 Å². The van der Waals surface area contributed by atoms with Crippen molar-refractivity contribution in [3.8, 4) is 5.75 Å². The van der Waals surface area contributed by atoms with Crippen LogP contribution in [0.4, 0.5) is 0 Å². The van der Waals surface area contributed by atoms with Crippen LogP contribution in [0.5, 0.6) is 5.75 Å². The molecule has 2 aromatic carbocycles. The normalized spacial score (nSPS) is 14.8. The Kier molecular flexibility index (Phi) is 6.20. The van der Waals surface area contributed by atoms with Gasteiger partial charge in [-0.1, -0.05) is 42.5 Å². The molecular formula is C18H18N2O2S2. The summed E-state index contributed by atoms with van der Waals surface area (Å²) in [6.07, 6.45) is 1.60. The van der Waals surface area contributed by atoms with Gasteiger partial charge in [-0.15, -0.1) is 23.5 Å². The fourth-order valence-corrected chi connectivity index (χ4v) is 5.03. The molecule has 1 aliphatic rings. The van der Waals surface area contributed by atoms with Crippen LogP contribution in [0, 0.1) is 0 Å². The molecular weight excluding hydrogens is 340 g/mol. The zero-order valence-corrected chi connectivity index (χ0v) is 14.7. The number of hydrogen-bond acceptors (Lipinski definition) is 5. The Morgan fingerprint density at radius 1 is 1.12 bits per heavy atom. The lowest BCUT2D eigenvalue weighted by Crippen LogP contribution is -2.24. The summed E-state index contributed by atoms with van der Waals surface area (Å²) in [7, 11) is 0. The van der Waals surface area contributed by atoms with Gasteiger partial charge in [-0.2, -0.15) is 5.10 Å². The van der Waals surface area contributed by atoms with Gasteiger partial charge in [-0.25, -0.2) is 5.43 Å². The summed E-state index contributed by atoms with van der Waals surface area (Å²) in [6.45, 7) is -0.0571. The molecule has 0 bridgehead atoms. The quantitative estimate of drug-likeness (QED) is 0.632. The third-order valence-corrected chi connectivity index (χ3v) is 6.45. The number of thioether (sulfide) groups is 2. The lowest BCUT2D eigenvalue weighted by atomic mass is 10.2. The second kappa shape index (κ2) is 8.80. The van der Waals surface area contributed by atoms with Crippen molar-refractivity contribution in [1.82, 2.24) is 5.43 Å². The molecule has 0 aromatic heterocycles. The van der Waals surface area contributed by atoms with Crippen LogP contribution >= 0.6 is 23.5 Å². The highest BCUT2D eigenvalue weighted by Crippen LogP contribution is 2.45. The zero-order valence-electron chi connectivity index (χ0n) is 13.1. The number of hydrazone groups is 1. The number of rotatable bonds is 6. The van der Waals surface area contributed by atoms with Gasteiger partial charge in [-0.3, -0.25) is 4.79 Å². The van der Waals surface area contributed by atoms with Crippen LogP contribution in [-0.4, -0.2) is 30.2 Å². The molecule has 1 amide bonds. The van der Waals surface area contributed by atoms with Gasteiger partial charge in [0.05, 0.1) is 10.8 Å². The summed E-state index contributed by atoms with van der Waals surface area (Å²) < 4.78 is 6.01. The number of ether oxygens (including phenoxy) is 1. The zero-order chi connectivity index (χ0) is 16.6. The maximum Gasteiger partial charge on any atom is 0.277 e. The molecule has 3 rings (SSSR count). The van der Waals surface area contributed by atoms with E-state index in [4.69, 9.17) is 4.74 Å². The average Bonchev–Trinajstić information content (AvgIpc) is 3.16. The van der Waals surface area contributed by atoms with Gasteiger partial charge in [0.1, 0.15) is 5.75 Å². The summed E-state index contributed by atoms with van der Waals surface area (Å²) in [6, 6.07) is 17.5. The van der Waals surface area contributed by atoms with Crippen LogP contribution in [0.15, 0.2) is 59.7 Å². The molecule has 4 nitrogen and oxygen atoms in total. The smallest absolute Gasteiger partial charge is 0.277 e. The first-order valence-corrected chi connectivity index (χ1v) is 9.74. The van der Waals surface area contributed by atoms with Crippen LogP contribution in [0.1, 0.15) is 15.7 Å². The highest BCUT2D eigenvalue weighted by molar-refractivity contribution is 8.19. The highest BCUT2D eigenvalue weighted by Gasteiger charge is 2.17. The summed E-state index contributed by atoms with van der Waals surface area (Å²) in [4.78, 5) is 11.7. The molecule has 0 radical (unpaired) electrons. The van der Waals surface area contributed by atoms with Gasteiger partial charge in [0.15, 0.2) is 6.61 Å². The number of hydrogen-bond donors (Lipinski definition) is 1.